The van der Waals surface area contributed by atoms with Gasteiger partial charge in [0.15, 0.2) is 11.9 Å². The van der Waals surface area contributed by atoms with E-state index in [0.717, 1.165) is 10.6 Å². The molecule has 1 fully saturated rings. The highest BCUT2D eigenvalue weighted by molar-refractivity contribution is 6.18. The van der Waals surface area contributed by atoms with Crippen molar-refractivity contribution >= 4 is 11.6 Å². The number of nitrogens with zero attached hydrogens (tertiary/aromatic N) is 1. The topological polar surface area (TPSA) is 103 Å². The quantitative estimate of drug-likeness (QED) is 0.518. The Balaban J connectivity index is 2.79. The summed E-state index contributed by atoms with van der Waals surface area (Å²) in [5.74, 6) is 1.20. The molecule has 2 heterocycles. The van der Waals surface area contributed by atoms with Crippen LogP contribution in [0.4, 0.5) is 0 Å². The number of terminal acetylenes is 1. The predicted octanol–water partition coefficient (Wildman–Crippen LogP) is 0.371. The summed E-state index contributed by atoms with van der Waals surface area (Å²) in [6.07, 6.45) is 6.77. The van der Waals surface area contributed by atoms with Crippen LogP contribution in [0.5, 0.6) is 0 Å². The number of aliphatic hydroxyl groups is 1. The molecule has 1 aromatic rings. The van der Waals surface area contributed by atoms with E-state index in [2.05, 4.69) is 10.9 Å². The molecule has 1 aliphatic heterocycles. The third-order valence-electron chi connectivity index (χ3n) is 4.87. The van der Waals surface area contributed by atoms with E-state index >= 15 is 0 Å². The van der Waals surface area contributed by atoms with Crippen LogP contribution in [0, 0.1) is 12.3 Å². The lowest BCUT2D eigenvalue weighted by Crippen LogP contribution is -2.61. The van der Waals surface area contributed by atoms with Gasteiger partial charge in [0, 0.05) is 19.4 Å². The molecule has 0 aromatic carbocycles. The Bertz CT molecular complexity index is 781. The summed E-state index contributed by atoms with van der Waals surface area (Å²) in [4.78, 5) is 26.1. The van der Waals surface area contributed by atoms with E-state index < -0.39 is 41.1 Å². The molecule has 144 valence electrons. The number of methoxy groups -OCH3 is 1. The van der Waals surface area contributed by atoms with Crippen molar-refractivity contribution in [2.45, 2.75) is 49.9 Å². The molecule has 1 aliphatic rings. The van der Waals surface area contributed by atoms with Crippen LogP contribution in [0.25, 0.3) is 0 Å². The van der Waals surface area contributed by atoms with E-state index in [0.29, 0.717) is 12.8 Å². The van der Waals surface area contributed by atoms with Crippen LogP contribution in [0.2, 0.25) is 0 Å². The summed E-state index contributed by atoms with van der Waals surface area (Å²) in [7, 11) is 1.36. The monoisotopic (exact) mass is 386 g/mol. The molecule has 0 radical (unpaired) electrons. The normalized spacial score (nSPS) is 27.0. The minimum Gasteiger partial charge on any atom is -0.393 e. The van der Waals surface area contributed by atoms with Crippen molar-refractivity contribution in [2.75, 3.05) is 19.6 Å². The second-order valence-electron chi connectivity index (χ2n) is 6.10. The highest BCUT2D eigenvalue weighted by Gasteiger charge is 2.64. The first-order chi connectivity index (χ1) is 12.3. The predicted molar refractivity (Wildman–Crippen MR) is 94.9 cm³/mol. The van der Waals surface area contributed by atoms with Gasteiger partial charge in [0.2, 0.25) is 5.72 Å². The number of hydrogen-bond donors (Lipinski definition) is 2. The largest absolute Gasteiger partial charge is 0.393 e. The van der Waals surface area contributed by atoms with Gasteiger partial charge in [-0.05, 0) is 18.8 Å². The molecule has 0 spiro atoms. The summed E-state index contributed by atoms with van der Waals surface area (Å²) >= 11 is 6.09. The van der Waals surface area contributed by atoms with Crippen molar-refractivity contribution in [2.24, 2.45) is 0 Å². The molecule has 0 unspecified atom stereocenters. The molecule has 2 N–H and O–H groups in total. The van der Waals surface area contributed by atoms with Crippen molar-refractivity contribution in [3.63, 3.8) is 0 Å². The molecule has 9 heteroatoms. The second-order valence-corrected chi connectivity index (χ2v) is 6.37. The molecule has 2 rings (SSSR count). The molecule has 1 saturated heterocycles. The minimum atomic E-state index is -1.78. The van der Waals surface area contributed by atoms with Crippen LogP contribution in [0.15, 0.2) is 21.9 Å². The van der Waals surface area contributed by atoms with Gasteiger partial charge in [0.25, 0.3) is 5.56 Å². The fourth-order valence-corrected chi connectivity index (χ4v) is 3.46. The maximum absolute atomic E-state index is 12.5. The molecule has 8 nitrogen and oxygen atoms in total. The average molecular weight is 387 g/mol. The first-order valence-corrected chi connectivity index (χ1v) is 8.76. The first-order valence-electron chi connectivity index (χ1n) is 8.22. The SMILES string of the molecule is C#C[C@@]1(n2ccc(=O)[nH]c2=O)OC(CC)(CC)O[C@@H]1[C@](CO)(CCl)OC. The Morgan fingerprint density at radius 3 is 2.58 bits per heavy atom. The lowest BCUT2D eigenvalue weighted by molar-refractivity contribution is -0.207. The number of rotatable bonds is 7. The number of H-pyrrole nitrogens is 1. The molecule has 0 saturated carbocycles. The zero-order chi connectivity index (χ0) is 19.6. The number of aliphatic hydroxyl groups excluding tert-OH is 1. The Morgan fingerprint density at radius 1 is 1.50 bits per heavy atom. The summed E-state index contributed by atoms with van der Waals surface area (Å²) in [6.45, 7) is 3.17. The summed E-state index contributed by atoms with van der Waals surface area (Å²) in [6, 6.07) is 1.15. The highest BCUT2D eigenvalue weighted by Crippen LogP contribution is 2.47. The van der Waals surface area contributed by atoms with Crippen LogP contribution in [0.1, 0.15) is 26.7 Å². The van der Waals surface area contributed by atoms with Gasteiger partial charge in [-0.2, -0.15) is 0 Å². The number of ether oxygens (including phenoxy) is 3. The van der Waals surface area contributed by atoms with E-state index in [-0.39, 0.29) is 5.88 Å². The summed E-state index contributed by atoms with van der Waals surface area (Å²) < 4.78 is 18.8. The van der Waals surface area contributed by atoms with Gasteiger partial charge in [0.1, 0.15) is 5.60 Å². The minimum absolute atomic E-state index is 0.168. The van der Waals surface area contributed by atoms with E-state index in [1.54, 1.807) is 0 Å². The van der Waals surface area contributed by atoms with Crippen molar-refractivity contribution in [1.82, 2.24) is 9.55 Å². The zero-order valence-corrected chi connectivity index (χ0v) is 15.7. The van der Waals surface area contributed by atoms with Gasteiger partial charge >= 0.3 is 5.69 Å². The van der Waals surface area contributed by atoms with Crippen molar-refractivity contribution in [1.29, 1.82) is 0 Å². The Hall–Kier alpha value is -1.63. The van der Waals surface area contributed by atoms with Gasteiger partial charge in [-0.3, -0.25) is 14.3 Å². The Morgan fingerprint density at radius 2 is 2.15 bits per heavy atom. The summed E-state index contributed by atoms with van der Waals surface area (Å²) in [5.41, 5.74) is -4.57. The number of hydrogen-bond acceptors (Lipinski definition) is 6. The van der Waals surface area contributed by atoms with Crippen LogP contribution < -0.4 is 11.2 Å². The van der Waals surface area contributed by atoms with Crippen molar-refractivity contribution in [3.8, 4) is 12.3 Å². The van der Waals surface area contributed by atoms with E-state index in [1.807, 2.05) is 13.8 Å². The molecule has 26 heavy (non-hydrogen) atoms. The number of nitrogens with one attached hydrogen (secondary N) is 1. The fraction of sp³-hybridized carbons (Fsp3) is 0.647. The second kappa shape index (κ2) is 7.55. The Labute approximate surface area is 156 Å². The molecule has 1 aromatic heterocycles. The zero-order valence-electron chi connectivity index (χ0n) is 15.0. The van der Waals surface area contributed by atoms with Crippen LogP contribution in [0.3, 0.4) is 0 Å². The van der Waals surface area contributed by atoms with Crippen LogP contribution >= 0.6 is 11.6 Å². The Kier molecular flexibility index (Phi) is 6.00. The van der Waals surface area contributed by atoms with E-state index in [9.17, 15) is 14.7 Å². The summed E-state index contributed by atoms with van der Waals surface area (Å²) in [5, 5.41) is 9.98. The lowest BCUT2D eigenvalue weighted by atomic mass is 9.90. The first kappa shape index (κ1) is 20.7. The molecular weight excluding hydrogens is 364 g/mol. The average Bonchev–Trinajstić information content (AvgIpc) is 3.01. The van der Waals surface area contributed by atoms with Gasteiger partial charge in [-0.1, -0.05) is 13.8 Å². The van der Waals surface area contributed by atoms with Gasteiger partial charge in [0.05, 0.1) is 12.5 Å². The lowest BCUT2D eigenvalue weighted by Gasteiger charge is -2.39. The molecular formula is C17H23ClN2O6. The van der Waals surface area contributed by atoms with E-state index in [1.165, 1.54) is 13.3 Å². The number of aromatic nitrogens is 2. The third kappa shape index (κ3) is 3.00. The number of alkyl halides is 1. The van der Waals surface area contributed by atoms with Crippen molar-refractivity contribution in [3.05, 3.63) is 33.1 Å². The maximum Gasteiger partial charge on any atom is 0.331 e. The molecule has 3 atom stereocenters. The van der Waals surface area contributed by atoms with Crippen LogP contribution in [-0.4, -0.2) is 51.7 Å². The van der Waals surface area contributed by atoms with Gasteiger partial charge in [-0.15, -0.1) is 18.0 Å². The van der Waals surface area contributed by atoms with Crippen LogP contribution in [-0.2, 0) is 19.9 Å². The number of aromatic amines is 1. The molecule has 0 aliphatic carbocycles. The number of halogens is 1. The van der Waals surface area contributed by atoms with Gasteiger partial charge in [-0.25, -0.2) is 4.79 Å². The van der Waals surface area contributed by atoms with Gasteiger partial charge < -0.3 is 19.3 Å². The fourth-order valence-electron chi connectivity index (χ4n) is 3.13. The third-order valence-corrected chi connectivity index (χ3v) is 5.33. The van der Waals surface area contributed by atoms with E-state index in [4.69, 9.17) is 32.2 Å². The molecule has 0 bridgehead atoms. The standard InChI is InChI=1S/C17H23ClN2O6/c1-5-16(6-2)25-13(15(10-18,11-21)24-4)17(7-3,26-16)20-9-8-12(22)19-14(20)23/h3,8-9,13,21H,5-6,10-11H2,1-2,4H3,(H,19,22,23)/t13-,15-,17-/m1/s1. The molecule has 0 amide bonds. The highest BCUT2D eigenvalue weighted by atomic mass is 35.5. The maximum atomic E-state index is 12.5. The van der Waals surface area contributed by atoms with Crippen molar-refractivity contribution < 1.29 is 19.3 Å². The smallest absolute Gasteiger partial charge is 0.331 e.